The summed E-state index contributed by atoms with van der Waals surface area (Å²) in [5, 5.41) is 6.50. The Morgan fingerprint density at radius 2 is 1.72 bits per heavy atom. The van der Waals surface area contributed by atoms with Crippen LogP contribution in [-0.4, -0.2) is 66.3 Å². The Hall–Kier alpha value is -2.36. The van der Waals surface area contributed by atoms with E-state index < -0.39 is 41.7 Å². The van der Waals surface area contributed by atoms with Gasteiger partial charge in [-0.15, -0.1) is 0 Å². The molecule has 0 aromatic carbocycles. The molecule has 1 aliphatic heterocycles. The number of hydrogen-bond acceptors (Lipinski definition) is 7. The molecule has 1 fully saturated rings. The number of carbonyl (C=O) groups excluding carboxylic acids is 4. The van der Waals surface area contributed by atoms with Crippen LogP contribution < -0.4 is 16.1 Å². The van der Waals surface area contributed by atoms with E-state index in [1.165, 1.54) is 12.1 Å². The third-order valence-corrected chi connectivity index (χ3v) is 4.29. The monoisotopic (exact) mass is 414 g/mol. The molecule has 0 spiro atoms. The third kappa shape index (κ3) is 7.88. The van der Waals surface area contributed by atoms with Gasteiger partial charge in [0, 0.05) is 6.54 Å². The normalized spacial score (nSPS) is 19.2. The summed E-state index contributed by atoms with van der Waals surface area (Å²) in [7, 11) is 1.29. The maximum Gasteiger partial charge on any atom is 0.408 e. The molecule has 10 nitrogen and oxygen atoms in total. The topological polar surface area (TPSA) is 126 Å². The number of methoxy groups -OCH3 is 1. The molecule has 0 aromatic heterocycles. The Balaban J connectivity index is 2.70. The van der Waals surface area contributed by atoms with E-state index in [1.54, 1.807) is 41.5 Å². The number of amides is 3. The molecule has 29 heavy (non-hydrogen) atoms. The van der Waals surface area contributed by atoms with Crippen molar-refractivity contribution in [1.82, 2.24) is 21.1 Å². The highest BCUT2D eigenvalue weighted by Crippen LogP contribution is 2.11. The van der Waals surface area contributed by atoms with Gasteiger partial charge in [-0.05, 0) is 46.5 Å². The Kier molecular flexibility index (Phi) is 8.87. The summed E-state index contributed by atoms with van der Waals surface area (Å²) >= 11 is 0. The highest BCUT2D eigenvalue weighted by molar-refractivity contribution is 5.91. The highest BCUT2D eigenvalue weighted by Gasteiger charge is 2.33. The number of hydrazine groups is 1. The first-order chi connectivity index (χ1) is 13.4. The number of esters is 1. The average Bonchev–Trinajstić information content (AvgIpc) is 2.63. The predicted molar refractivity (Wildman–Crippen MR) is 105 cm³/mol. The summed E-state index contributed by atoms with van der Waals surface area (Å²) < 4.78 is 9.91. The second-order valence-electron chi connectivity index (χ2n) is 8.44. The van der Waals surface area contributed by atoms with Crippen molar-refractivity contribution in [2.45, 2.75) is 78.1 Å². The largest absolute Gasteiger partial charge is 0.468 e. The number of rotatable bonds is 6. The molecule has 1 heterocycles. The standard InChI is InChI=1S/C19H34N4O6/c1-11(2)14(21-18(27)29-19(4,5)6)15(24)20-12(3)16(25)23-10-8-9-13(22-23)17(26)28-7/h11-14,22H,8-10H2,1-7H3,(H,20,24)(H,21,27). The van der Waals surface area contributed by atoms with Gasteiger partial charge < -0.3 is 20.1 Å². The molecule has 3 atom stereocenters. The number of ether oxygens (including phenoxy) is 2. The lowest BCUT2D eigenvalue weighted by Crippen LogP contribution is -2.61. The highest BCUT2D eigenvalue weighted by atomic mass is 16.6. The van der Waals surface area contributed by atoms with Gasteiger partial charge in [0.1, 0.15) is 23.7 Å². The molecule has 0 aliphatic carbocycles. The first-order valence-electron chi connectivity index (χ1n) is 9.81. The molecule has 1 aliphatic rings. The minimum absolute atomic E-state index is 0.221. The van der Waals surface area contributed by atoms with Crippen LogP contribution in [0.1, 0.15) is 54.4 Å². The van der Waals surface area contributed by atoms with Gasteiger partial charge in [0.05, 0.1) is 7.11 Å². The number of nitrogens with one attached hydrogen (secondary N) is 3. The van der Waals surface area contributed by atoms with Crippen molar-refractivity contribution >= 4 is 23.9 Å². The first-order valence-corrected chi connectivity index (χ1v) is 9.81. The van der Waals surface area contributed by atoms with Crippen molar-refractivity contribution < 1.29 is 28.7 Å². The van der Waals surface area contributed by atoms with Crippen LogP contribution in [0.3, 0.4) is 0 Å². The Labute approximate surface area is 172 Å². The Bertz CT molecular complexity index is 616. The summed E-state index contributed by atoms with van der Waals surface area (Å²) in [4.78, 5) is 49.1. The lowest BCUT2D eigenvalue weighted by Gasteiger charge is -2.34. The van der Waals surface area contributed by atoms with Crippen molar-refractivity contribution in [2.24, 2.45) is 5.92 Å². The zero-order valence-electron chi connectivity index (χ0n) is 18.3. The maximum absolute atomic E-state index is 12.7. The Morgan fingerprint density at radius 1 is 1.10 bits per heavy atom. The summed E-state index contributed by atoms with van der Waals surface area (Å²) in [6.45, 7) is 10.7. The van der Waals surface area contributed by atoms with Crippen molar-refractivity contribution in [3.05, 3.63) is 0 Å². The van der Waals surface area contributed by atoms with E-state index >= 15 is 0 Å². The molecule has 3 unspecified atom stereocenters. The fourth-order valence-electron chi connectivity index (χ4n) is 2.83. The summed E-state index contributed by atoms with van der Waals surface area (Å²) in [5.41, 5.74) is 2.14. The van der Waals surface area contributed by atoms with E-state index in [4.69, 9.17) is 9.47 Å². The van der Waals surface area contributed by atoms with Crippen LogP contribution in [0.25, 0.3) is 0 Å². The predicted octanol–water partition coefficient (Wildman–Crippen LogP) is 0.709. The Morgan fingerprint density at radius 3 is 2.24 bits per heavy atom. The minimum atomic E-state index is -0.864. The fraction of sp³-hybridized carbons (Fsp3) is 0.789. The van der Waals surface area contributed by atoms with E-state index in [2.05, 4.69) is 16.1 Å². The third-order valence-electron chi connectivity index (χ3n) is 4.29. The van der Waals surface area contributed by atoms with E-state index in [1.807, 2.05) is 0 Å². The molecular weight excluding hydrogens is 380 g/mol. The zero-order valence-corrected chi connectivity index (χ0v) is 18.3. The molecule has 0 aromatic rings. The van der Waals surface area contributed by atoms with E-state index in [0.717, 1.165) is 0 Å². The molecule has 3 amide bonds. The zero-order chi connectivity index (χ0) is 22.4. The molecule has 1 rings (SSSR count). The molecule has 10 heteroatoms. The van der Waals surface area contributed by atoms with Crippen molar-refractivity contribution in [3.63, 3.8) is 0 Å². The second kappa shape index (κ2) is 10.4. The summed E-state index contributed by atoms with van der Waals surface area (Å²) in [5.74, 6) is -1.54. The summed E-state index contributed by atoms with van der Waals surface area (Å²) in [6, 6.07) is -2.32. The average molecular weight is 415 g/mol. The molecule has 3 N–H and O–H groups in total. The van der Waals surface area contributed by atoms with Crippen LogP contribution in [0.15, 0.2) is 0 Å². The van der Waals surface area contributed by atoms with Gasteiger partial charge in [-0.25, -0.2) is 10.2 Å². The smallest absolute Gasteiger partial charge is 0.408 e. The van der Waals surface area contributed by atoms with Crippen LogP contribution in [0.5, 0.6) is 0 Å². The van der Waals surface area contributed by atoms with Crippen LogP contribution in [0, 0.1) is 5.92 Å². The number of alkyl carbamates (subject to hydrolysis) is 1. The summed E-state index contributed by atoms with van der Waals surface area (Å²) in [6.07, 6.45) is 0.490. The molecule has 166 valence electrons. The van der Waals surface area contributed by atoms with Crippen molar-refractivity contribution in [2.75, 3.05) is 13.7 Å². The number of carbonyl (C=O) groups is 4. The number of hydrogen-bond donors (Lipinski definition) is 3. The molecule has 0 saturated carbocycles. The van der Waals surface area contributed by atoms with Gasteiger partial charge in [-0.3, -0.25) is 19.4 Å². The second-order valence-corrected chi connectivity index (χ2v) is 8.44. The van der Waals surface area contributed by atoms with Gasteiger partial charge in [0.25, 0.3) is 5.91 Å². The van der Waals surface area contributed by atoms with Crippen LogP contribution >= 0.6 is 0 Å². The fourth-order valence-corrected chi connectivity index (χ4v) is 2.83. The quantitative estimate of drug-likeness (QED) is 0.546. The first kappa shape index (κ1) is 24.7. The number of nitrogens with zero attached hydrogens (tertiary/aromatic N) is 1. The van der Waals surface area contributed by atoms with Gasteiger partial charge in [0.15, 0.2) is 0 Å². The minimum Gasteiger partial charge on any atom is -0.468 e. The van der Waals surface area contributed by atoms with E-state index in [9.17, 15) is 19.2 Å². The molecule has 0 bridgehead atoms. The van der Waals surface area contributed by atoms with Crippen LogP contribution in [-0.2, 0) is 23.9 Å². The van der Waals surface area contributed by atoms with Crippen LogP contribution in [0.2, 0.25) is 0 Å². The van der Waals surface area contributed by atoms with Crippen molar-refractivity contribution in [3.8, 4) is 0 Å². The SMILES string of the molecule is COC(=O)C1CCCN(C(=O)C(C)NC(=O)C(NC(=O)OC(C)(C)C)C(C)C)N1. The molecule has 1 saturated heterocycles. The van der Waals surface area contributed by atoms with Gasteiger partial charge in [-0.1, -0.05) is 13.8 Å². The lowest BCUT2D eigenvalue weighted by molar-refractivity contribution is -0.150. The van der Waals surface area contributed by atoms with E-state index in [-0.39, 0.29) is 11.8 Å². The van der Waals surface area contributed by atoms with Gasteiger partial charge in [0.2, 0.25) is 5.91 Å². The molecule has 0 radical (unpaired) electrons. The van der Waals surface area contributed by atoms with Gasteiger partial charge >= 0.3 is 12.1 Å². The van der Waals surface area contributed by atoms with Gasteiger partial charge in [-0.2, -0.15) is 0 Å². The molecular formula is C19H34N4O6. The van der Waals surface area contributed by atoms with Crippen LogP contribution in [0.4, 0.5) is 4.79 Å². The lowest BCUT2D eigenvalue weighted by atomic mass is 10.0. The van der Waals surface area contributed by atoms with E-state index in [0.29, 0.717) is 19.4 Å². The maximum atomic E-state index is 12.7. The van der Waals surface area contributed by atoms with Crippen molar-refractivity contribution in [1.29, 1.82) is 0 Å².